The van der Waals surface area contributed by atoms with E-state index in [2.05, 4.69) is 0 Å². The zero-order chi connectivity index (χ0) is 22.9. The standard InChI is InChI=1S/C27H21NO5/c1-2-32-19-14-12-18(13-15-19)25(29)23-24(22-11-6-16-33-22)28(27(31)26(23)30)21-10-5-8-17-7-3-4-9-20(17)21/h3-16,24,29H,2H2,1H3/b25-23-. The summed E-state index contributed by atoms with van der Waals surface area (Å²) in [4.78, 5) is 28.0. The Morgan fingerprint density at radius 3 is 2.45 bits per heavy atom. The average Bonchev–Trinajstić information content (AvgIpc) is 3.46. The molecule has 1 N–H and O–H groups in total. The van der Waals surface area contributed by atoms with E-state index in [-0.39, 0.29) is 11.3 Å². The van der Waals surface area contributed by atoms with Crippen molar-refractivity contribution in [1.29, 1.82) is 0 Å². The molecule has 5 rings (SSSR count). The van der Waals surface area contributed by atoms with Crippen LogP contribution in [0.3, 0.4) is 0 Å². The van der Waals surface area contributed by atoms with Gasteiger partial charge in [-0.2, -0.15) is 0 Å². The van der Waals surface area contributed by atoms with Gasteiger partial charge in [0, 0.05) is 10.9 Å². The number of fused-ring (bicyclic) bond motifs is 1. The van der Waals surface area contributed by atoms with Gasteiger partial charge in [0.25, 0.3) is 11.7 Å². The Morgan fingerprint density at radius 2 is 1.73 bits per heavy atom. The van der Waals surface area contributed by atoms with Crippen LogP contribution in [0.4, 0.5) is 5.69 Å². The molecule has 0 bridgehead atoms. The van der Waals surface area contributed by atoms with Gasteiger partial charge in [0.1, 0.15) is 23.3 Å². The Hall–Kier alpha value is -4.32. The maximum absolute atomic E-state index is 13.3. The van der Waals surface area contributed by atoms with Crippen LogP contribution in [0, 0.1) is 0 Å². The predicted molar refractivity (Wildman–Crippen MR) is 125 cm³/mol. The van der Waals surface area contributed by atoms with E-state index < -0.39 is 17.7 Å². The van der Waals surface area contributed by atoms with E-state index in [0.29, 0.717) is 29.4 Å². The summed E-state index contributed by atoms with van der Waals surface area (Å²) in [5.74, 6) is -0.723. The highest BCUT2D eigenvalue weighted by atomic mass is 16.5. The van der Waals surface area contributed by atoms with E-state index in [1.165, 1.54) is 11.2 Å². The number of carbonyl (C=O) groups excluding carboxylic acids is 2. The van der Waals surface area contributed by atoms with Gasteiger partial charge in [0.05, 0.1) is 24.1 Å². The molecule has 1 fully saturated rings. The minimum Gasteiger partial charge on any atom is -0.507 e. The van der Waals surface area contributed by atoms with Crippen LogP contribution in [0.1, 0.15) is 24.3 Å². The molecule has 0 spiro atoms. The summed E-state index contributed by atoms with van der Waals surface area (Å²) in [6.45, 7) is 2.39. The fourth-order valence-electron chi connectivity index (χ4n) is 4.25. The molecule has 1 aromatic heterocycles. The first kappa shape index (κ1) is 20.6. The summed E-state index contributed by atoms with van der Waals surface area (Å²) in [7, 11) is 0. The van der Waals surface area contributed by atoms with Crippen LogP contribution in [-0.4, -0.2) is 23.4 Å². The van der Waals surface area contributed by atoms with Gasteiger partial charge in [-0.15, -0.1) is 0 Å². The second-order valence-corrected chi connectivity index (χ2v) is 7.64. The van der Waals surface area contributed by atoms with Crippen LogP contribution in [0.25, 0.3) is 16.5 Å². The minimum absolute atomic E-state index is 0.0213. The van der Waals surface area contributed by atoms with Crippen molar-refractivity contribution in [3.8, 4) is 5.75 Å². The van der Waals surface area contributed by atoms with E-state index in [9.17, 15) is 14.7 Å². The number of ketones is 1. The second-order valence-electron chi connectivity index (χ2n) is 7.64. The topological polar surface area (TPSA) is 80.0 Å². The van der Waals surface area contributed by atoms with Crippen molar-refractivity contribution in [2.24, 2.45) is 0 Å². The summed E-state index contributed by atoms with van der Waals surface area (Å²) < 4.78 is 11.1. The number of benzene rings is 3. The quantitative estimate of drug-likeness (QED) is 0.254. The minimum atomic E-state index is -0.905. The molecule has 6 nitrogen and oxygen atoms in total. The number of amides is 1. The Kier molecular flexibility index (Phi) is 5.18. The van der Waals surface area contributed by atoms with Gasteiger partial charge in [-0.3, -0.25) is 14.5 Å². The zero-order valence-corrected chi connectivity index (χ0v) is 17.9. The average molecular weight is 439 g/mol. The van der Waals surface area contributed by atoms with Crippen LogP contribution in [0.15, 0.2) is 95.1 Å². The maximum Gasteiger partial charge on any atom is 0.300 e. The first-order valence-electron chi connectivity index (χ1n) is 10.7. The lowest BCUT2D eigenvalue weighted by Gasteiger charge is -2.24. The number of rotatable bonds is 5. The lowest BCUT2D eigenvalue weighted by Crippen LogP contribution is -2.29. The molecule has 164 valence electrons. The van der Waals surface area contributed by atoms with E-state index in [1.54, 1.807) is 42.5 Å². The normalized spacial score (nSPS) is 17.6. The van der Waals surface area contributed by atoms with Crippen molar-refractivity contribution >= 4 is 33.9 Å². The highest BCUT2D eigenvalue weighted by molar-refractivity contribution is 6.52. The highest BCUT2D eigenvalue weighted by Gasteiger charge is 2.48. The molecular formula is C27H21NO5. The summed E-state index contributed by atoms with van der Waals surface area (Å²) in [6, 6.07) is 22.4. The van der Waals surface area contributed by atoms with Crippen molar-refractivity contribution in [3.05, 3.63) is 102 Å². The Labute approximate surface area is 190 Å². The molecule has 0 radical (unpaired) electrons. The number of furan rings is 1. The number of hydrogen-bond donors (Lipinski definition) is 1. The van der Waals surface area contributed by atoms with E-state index in [0.717, 1.165) is 10.8 Å². The summed E-state index contributed by atoms with van der Waals surface area (Å²) in [5, 5.41) is 12.9. The lowest BCUT2D eigenvalue weighted by atomic mass is 9.98. The summed E-state index contributed by atoms with van der Waals surface area (Å²) in [5.41, 5.74) is 0.959. The molecule has 1 amide bonds. The smallest absolute Gasteiger partial charge is 0.300 e. The molecule has 1 saturated heterocycles. The van der Waals surface area contributed by atoms with E-state index >= 15 is 0 Å². The summed E-state index contributed by atoms with van der Waals surface area (Å²) in [6.07, 6.45) is 1.48. The number of aliphatic hydroxyl groups excluding tert-OH is 1. The van der Waals surface area contributed by atoms with Crippen LogP contribution in [0.5, 0.6) is 5.75 Å². The number of carbonyl (C=O) groups is 2. The van der Waals surface area contributed by atoms with Gasteiger partial charge in [-0.25, -0.2) is 0 Å². The molecule has 1 aliphatic heterocycles. The Morgan fingerprint density at radius 1 is 0.970 bits per heavy atom. The highest BCUT2D eigenvalue weighted by Crippen LogP contribution is 2.44. The lowest BCUT2D eigenvalue weighted by molar-refractivity contribution is -0.132. The largest absolute Gasteiger partial charge is 0.507 e. The van der Waals surface area contributed by atoms with Gasteiger partial charge < -0.3 is 14.3 Å². The van der Waals surface area contributed by atoms with E-state index in [4.69, 9.17) is 9.15 Å². The van der Waals surface area contributed by atoms with Crippen molar-refractivity contribution in [3.63, 3.8) is 0 Å². The van der Waals surface area contributed by atoms with Gasteiger partial charge in [0.15, 0.2) is 0 Å². The van der Waals surface area contributed by atoms with Gasteiger partial charge in [-0.1, -0.05) is 36.4 Å². The molecular weight excluding hydrogens is 418 g/mol. The molecule has 1 unspecified atom stereocenters. The number of nitrogens with zero attached hydrogens (tertiary/aromatic N) is 1. The van der Waals surface area contributed by atoms with Gasteiger partial charge in [0.2, 0.25) is 0 Å². The maximum atomic E-state index is 13.3. The molecule has 33 heavy (non-hydrogen) atoms. The third-order valence-electron chi connectivity index (χ3n) is 5.72. The van der Waals surface area contributed by atoms with Gasteiger partial charge in [-0.05, 0) is 54.8 Å². The molecule has 0 saturated carbocycles. The molecule has 4 aromatic rings. The van der Waals surface area contributed by atoms with E-state index in [1.807, 2.05) is 43.3 Å². The van der Waals surface area contributed by atoms with Crippen molar-refractivity contribution < 1.29 is 23.8 Å². The number of anilines is 1. The van der Waals surface area contributed by atoms with Crippen molar-refractivity contribution in [1.82, 2.24) is 0 Å². The van der Waals surface area contributed by atoms with Crippen LogP contribution >= 0.6 is 0 Å². The number of aliphatic hydroxyl groups is 1. The number of ether oxygens (including phenoxy) is 1. The van der Waals surface area contributed by atoms with Crippen LogP contribution in [-0.2, 0) is 9.59 Å². The van der Waals surface area contributed by atoms with Gasteiger partial charge >= 0.3 is 0 Å². The predicted octanol–water partition coefficient (Wildman–Crippen LogP) is 5.46. The summed E-state index contributed by atoms with van der Waals surface area (Å²) >= 11 is 0. The monoisotopic (exact) mass is 439 g/mol. The molecule has 3 aromatic carbocycles. The molecule has 2 heterocycles. The number of hydrogen-bond acceptors (Lipinski definition) is 5. The molecule has 6 heteroatoms. The second kappa shape index (κ2) is 8.31. The molecule has 0 aliphatic carbocycles. The molecule has 1 aliphatic rings. The first-order chi connectivity index (χ1) is 16.1. The van der Waals surface area contributed by atoms with Crippen molar-refractivity contribution in [2.45, 2.75) is 13.0 Å². The SMILES string of the molecule is CCOc1ccc(/C(O)=C2/C(=O)C(=O)N(c3cccc4ccccc34)C2c2ccco2)cc1. The first-order valence-corrected chi connectivity index (χ1v) is 10.7. The third-order valence-corrected chi connectivity index (χ3v) is 5.72. The fourth-order valence-corrected chi connectivity index (χ4v) is 4.25. The molecule has 1 atom stereocenters. The fraction of sp³-hybridized carbons (Fsp3) is 0.111. The Balaban J connectivity index is 1.70. The third kappa shape index (κ3) is 3.46. The number of Topliss-reactive ketones (excluding diaryl/α,β-unsaturated/α-hetero) is 1. The van der Waals surface area contributed by atoms with Crippen LogP contribution < -0.4 is 9.64 Å². The van der Waals surface area contributed by atoms with Crippen molar-refractivity contribution in [2.75, 3.05) is 11.5 Å². The zero-order valence-electron chi connectivity index (χ0n) is 17.9. The van der Waals surface area contributed by atoms with Crippen LogP contribution in [0.2, 0.25) is 0 Å². The Bertz CT molecular complexity index is 1360.